The third-order valence-corrected chi connectivity index (χ3v) is 4.87. The molecule has 2 aromatic carbocycles. The van der Waals surface area contributed by atoms with Gasteiger partial charge in [0.25, 0.3) is 0 Å². The highest BCUT2D eigenvalue weighted by Gasteiger charge is 2.22. The number of aromatic nitrogens is 3. The van der Waals surface area contributed by atoms with Crippen molar-refractivity contribution in [1.29, 1.82) is 0 Å². The SMILES string of the molecule is Cc1cccc(-n2cc(-c3ccc(F)cc3)c3c(NC(C)(C)CO)ncnc32)c1. The molecule has 2 N–H and O–H groups in total. The number of anilines is 1. The molecule has 0 spiro atoms. The third kappa shape index (κ3) is 3.71. The van der Waals surface area contributed by atoms with Gasteiger partial charge in [0.1, 0.15) is 18.0 Å². The summed E-state index contributed by atoms with van der Waals surface area (Å²) in [5.74, 6) is 0.340. The quantitative estimate of drug-likeness (QED) is 0.518. The van der Waals surface area contributed by atoms with Crippen LogP contribution in [0.25, 0.3) is 27.8 Å². The fraction of sp³-hybridized carbons (Fsp3) is 0.217. The maximum Gasteiger partial charge on any atom is 0.150 e. The molecule has 0 aliphatic carbocycles. The number of rotatable bonds is 5. The van der Waals surface area contributed by atoms with E-state index in [1.165, 1.54) is 18.5 Å². The maximum absolute atomic E-state index is 13.5. The zero-order valence-electron chi connectivity index (χ0n) is 16.6. The molecule has 2 aromatic heterocycles. The summed E-state index contributed by atoms with van der Waals surface area (Å²) in [7, 11) is 0. The van der Waals surface area contributed by atoms with Gasteiger partial charge < -0.3 is 15.0 Å². The van der Waals surface area contributed by atoms with E-state index in [0.29, 0.717) is 5.82 Å². The molecule has 0 saturated carbocycles. The molecule has 0 aliphatic heterocycles. The number of fused-ring (bicyclic) bond motifs is 1. The Labute approximate surface area is 168 Å². The van der Waals surface area contributed by atoms with Crippen LogP contribution in [0, 0.1) is 12.7 Å². The van der Waals surface area contributed by atoms with Crippen molar-refractivity contribution < 1.29 is 9.50 Å². The normalized spacial score (nSPS) is 11.8. The van der Waals surface area contributed by atoms with Crippen molar-refractivity contribution in [3.63, 3.8) is 0 Å². The highest BCUT2D eigenvalue weighted by molar-refractivity contribution is 6.02. The first-order valence-electron chi connectivity index (χ1n) is 9.46. The van der Waals surface area contributed by atoms with E-state index in [4.69, 9.17) is 0 Å². The van der Waals surface area contributed by atoms with Crippen molar-refractivity contribution in [2.75, 3.05) is 11.9 Å². The topological polar surface area (TPSA) is 63.0 Å². The Bertz CT molecular complexity index is 1170. The zero-order valence-corrected chi connectivity index (χ0v) is 16.6. The van der Waals surface area contributed by atoms with Gasteiger partial charge in [-0.15, -0.1) is 0 Å². The number of hydrogen-bond acceptors (Lipinski definition) is 4. The van der Waals surface area contributed by atoms with Gasteiger partial charge in [-0.3, -0.25) is 0 Å². The highest BCUT2D eigenvalue weighted by Crippen LogP contribution is 2.36. The van der Waals surface area contributed by atoms with Gasteiger partial charge in [0, 0.05) is 17.4 Å². The molecule has 0 bridgehead atoms. The zero-order chi connectivity index (χ0) is 20.6. The lowest BCUT2D eigenvalue weighted by Crippen LogP contribution is -2.35. The molecular formula is C23H23FN4O. The van der Waals surface area contributed by atoms with Gasteiger partial charge in [-0.25, -0.2) is 14.4 Å². The smallest absolute Gasteiger partial charge is 0.150 e. The first-order chi connectivity index (χ1) is 13.9. The van der Waals surface area contributed by atoms with Crippen molar-refractivity contribution >= 4 is 16.9 Å². The van der Waals surface area contributed by atoms with Crippen LogP contribution in [0.2, 0.25) is 0 Å². The molecule has 0 fully saturated rings. The Morgan fingerprint density at radius 2 is 1.86 bits per heavy atom. The number of halogens is 1. The van der Waals surface area contributed by atoms with Gasteiger partial charge in [0.05, 0.1) is 17.5 Å². The Balaban J connectivity index is 2.00. The molecule has 4 aromatic rings. The van der Waals surface area contributed by atoms with E-state index < -0.39 is 5.54 Å². The predicted molar refractivity (Wildman–Crippen MR) is 114 cm³/mol. The predicted octanol–water partition coefficient (Wildman–Crippen LogP) is 4.72. The second kappa shape index (κ2) is 7.29. The van der Waals surface area contributed by atoms with E-state index in [1.54, 1.807) is 12.1 Å². The molecule has 0 atom stereocenters. The number of aryl methyl sites for hydroxylation is 1. The molecule has 29 heavy (non-hydrogen) atoms. The van der Waals surface area contributed by atoms with Gasteiger partial charge in [-0.05, 0) is 56.2 Å². The Hall–Kier alpha value is -3.25. The van der Waals surface area contributed by atoms with Crippen LogP contribution >= 0.6 is 0 Å². The lowest BCUT2D eigenvalue weighted by atomic mass is 10.0. The number of aliphatic hydroxyl groups excluding tert-OH is 1. The Kier molecular flexibility index (Phi) is 4.80. The Morgan fingerprint density at radius 1 is 1.10 bits per heavy atom. The summed E-state index contributed by atoms with van der Waals surface area (Å²) >= 11 is 0. The molecule has 0 radical (unpaired) electrons. The first-order valence-corrected chi connectivity index (χ1v) is 9.46. The second-order valence-corrected chi connectivity index (χ2v) is 7.85. The molecule has 148 valence electrons. The molecular weight excluding hydrogens is 367 g/mol. The van der Waals surface area contributed by atoms with E-state index >= 15 is 0 Å². The fourth-order valence-electron chi connectivity index (χ4n) is 3.34. The first kappa shape index (κ1) is 19.1. The van der Waals surface area contributed by atoms with Crippen LogP contribution in [-0.2, 0) is 0 Å². The molecule has 2 heterocycles. The minimum absolute atomic E-state index is 0.0526. The van der Waals surface area contributed by atoms with Gasteiger partial charge in [0.2, 0.25) is 0 Å². The van der Waals surface area contributed by atoms with Crippen LogP contribution in [0.5, 0.6) is 0 Å². The molecule has 0 unspecified atom stereocenters. The number of hydrogen-bond donors (Lipinski definition) is 2. The standard InChI is InChI=1S/C23H23FN4O/c1-15-5-4-6-18(11-15)28-12-19(16-7-9-17(24)10-8-16)20-21(25-14-26-22(20)28)27-23(2,3)13-29/h4-12,14,29H,13H2,1-3H3,(H,25,26,27). The summed E-state index contributed by atoms with van der Waals surface area (Å²) < 4.78 is 15.5. The summed E-state index contributed by atoms with van der Waals surface area (Å²) in [6.45, 7) is 5.79. The Morgan fingerprint density at radius 3 is 2.55 bits per heavy atom. The van der Waals surface area contributed by atoms with Crippen LogP contribution in [0.1, 0.15) is 19.4 Å². The van der Waals surface area contributed by atoms with Crippen molar-refractivity contribution in [2.45, 2.75) is 26.3 Å². The number of benzene rings is 2. The largest absolute Gasteiger partial charge is 0.394 e. The van der Waals surface area contributed by atoms with Crippen molar-refractivity contribution in [2.24, 2.45) is 0 Å². The minimum atomic E-state index is -0.563. The third-order valence-electron chi connectivity index (χ3n) is 4.87. The van der Waals surface area contributed by atoms with Gasteiger partial charge in [-0.1, -0.05) is 24.3 Å². The molecule has 5 nitrogen and oxygen atoms in total. The van der Waals surface area contributed by atoms with E-state index in [-0.39, 0.29) is 12.4 Å². The molecule has 4 rings (SSSR count). The molecule has 0 saturated heterocycles. The van der Waals surface area contributed by atoms with Crippen LogP contribution in [0.3, 0.4) is 0 Å². The van der Waals surface area contributed by atoms with Gasteiger partial charge in [0.15, 0.2) is 5.65 Å². The molecule has 0 amide bonds. The van der Waals surface area contributed by atoms with E-state index in [9.17, 15) is 9.50 Å². The average Bonchev–Trinajstić information content (AvgIpc) is 3.09. The number of nitrogens with zero attached hydrogens (tertiary/aromatic N) is 3. The summed E-state index contributed by atoms with van der Waals surface area (Å²) in [5.41, 5.74) is 4.05. The van der Waals surface area contributed by atoms with Crippen molar-refractivity contribution in [1.82, 2.24) is 14.5 Å². The fourth-order valence-corrected chi connectivity index (χ4v) is 3.34. The summed E-state index contributed by atoms with van der Waals surface area (Å²) in [4.78, 5) is 8.99. The van der Waals surface area contributed by atoms with E-state index in [1.807, 2.05) is 49.7 Å². The lowest BCUT2D eigenvalue weighted by molar-refractivity contribution is 0.234. The van der Waals surface area contributed by atoms with Crippen molar-refractivity contribution in [3.8, 4) is 16.8 Å². The van der Waals surface area contributed by atoms with Gasteiger partial charge >= 0.3 is 0 Å². The van der Waals surface area contributed by atoms with Crippen LogP contribution in [0.4, 0.5) is 10.2 Å². The van der Waals surface area contributed by atoms with Crippen LogP contribution < -0.4 is 5.32 Å². The van der Waals surface area contributed by atoms with E-state index in [0.717, 1.165) is 33.4 Å². The summed E-state index contributed by atoms with van der Waals surface area (Å²) in [5, 5.41) is 13.8. The van der Waals surface area contributed by atoms with Crippen LogP contribution in [0.15, 0.2) is 61.1 Å². The molecule has 6 heteroatoms. The maximum atomic E-state index is 13.5. The minimum Gasteiger partial charge on any atom is -0.394 e. The van der Waals surface area contributed by atoms with Crippen molar-refractivity contribution in [3.05, 3.63) is 72.4 Å². The number of aliphatic hydroxyl groups is 1. The summed E-state index contributed by atoms with van der Waals surface area (Å²) in [6, 6.07) is 14.5. The average molecular weight is 390 g/mol. The lowest BCUT2D eigenvalue weighted by Gasteiger charge is -2.24. The van der Waals surface area contributed by atoms with E-state index in [2.05, 4.69) is 21.4 Å². The van der Waals surface area contributed by atoms with Gasteiger partial charge in [-0.2, -0.15) is 0 Å². The summed E-state index contributed by atoms with van der Waals surface area (Å²) in [6.07, 6.45) is 3.51. The highest BCUT2D eigenvalue weighted by atomic mass is 19.1. The molecule has 0 aliphatic rings. The monoisotopic (exact) mass is 390 g/mol. The van der Waals surface area contributed by atoms with Crippen LogP contribution in [-0.4, -0.2) is 31.8 Å². The number of nitrogens with one attached hydrogen (secondary N) is 1. The second-order valence-electron chi connectivity index (χ2n) is 7.85.